The number of fused-ring (bicyclic) bond motifs is 1. The molecular weight excluding hydrogens is 334 g/mol. The second-order valence-electron chi connectivity index (χ2n) is 7.83. The first-order valence-corrected chi connectivity index (χ1v) is 9.72. The number of pyridine rings is 1. The Hall–Kier alpha value is -2.93. The minimum atomic E-state index is 0.00293. The lowest BCUT2D eigenvalue weighted by atomic mass is 9.92. The van der Waals surface area contributed by atoms with Crippen LogP contribution in [0.1, 0.15) is 72.5 Å². The number of carbonyl (C=O) groups is 1. The first kappa shape index (κ1) is 16.3. The molecule has 0 bridgehead atoms. The number of hydrogen-bond donors (Lipinski definition) is 0. The van der Waals surface area contributed by atoms with Crippen molar-refractivity contribution in [3.63, 3.8) is 0 Å². The fraction of sp³-hybridized carbons (Fsp3) is 0.348. The summed E-state index contributed by atoms with van der Waals surface area (Å²) in [4.78, 5) is 16.2. The number of nitrogens with zero attached hydrogens (tertiary/aromatic N) is 3. The summed E-state index contributed by atoms with van der Waals surface area (Å²) in [6.07, 6.45) is 7.66. The van der Waals surface area contributed by atoms with Gasteiger partial charge in [0.05, 0.1) is 22.5 Å². The number of Topliss-reactive ketones (excluding diaryl/α,β-unsaturated/α-hetero) is 1. The Morgan fingerprint density at radius 1 is 1.19 bits per heavy atom. The first-order chi connectivity index (χ1) is 13.2. The summed E-state index contributed by atoms with van der Waals surface area (Å²) < 4.78 is 2.35. The fourth-order valence-electron chi connectivity index (χ4n) is 4.13. The molecule has 2 heterocycles. The van der Waals surface area contributed by atoms with Gasteiger partial charge in [-0.25, -0.2) is 0 Å². The smallest absolute Gasteiger partial charge is 0.161 e. The predicted octanol–water partition coefficient (Wildman–Crippen LogP) is 5.38. The van der Waals surface area contributed by atoms with Gasteiger partial charge in [0.1, 0.15) is 6.07 Å². The lowest BCUT2D eigenvalue weighted by molar-refractivity contribution is 0.101. The van der Waals surface area contributed by atoms with Gasteiger partial charge in [0.15, 0.2) is 5.78 Å². The summed E-state index contributed by atoms with van der Waals surface area (Å²) >= 11 is 0. The van der Waals surface area contributed by atoms with Crippen molar-refractivity contribution < 1.29 is 4.79 Å². The van der Waals surface area contributed by atoms with Crippen LogP contribution in [0.15, 0.2) is 36.5 Å². The lowest BCUT2D eigenvalue weighted by Crippen LogP contribution is -2.18. The number of benzene rings is 1. The quantitative estimate of drug-likeness (QED) is 0.590. The van der Waals surface area contributed by atoms with Crippen LogP contribution in [0, 0.1) is 11.3 Å². The molecule has 0 aliphatic heterocycles. The Balaban J connectivity index is 1.76. The standard InChI is InChI=1S/C23H21N3O/c1-14(27)17-8-10-21(25-13-17)23-20(12-24)19-9-7-16(15-5-6-15)11-22(19)26(23)18-3-2-4-18/h7-11,13,15,18H,2-6H2,1H3. The largest absolute Gasteiger partial charge is 0.335 e. The Morgan fingerprint density at radius 3 is 2.56 bits per heavy atom. The Labute approximate surface area is 158 Å². The van der Waals surface area contributed by atoms with E-state index in [1.54, 1.807) is 13.1 Å². The summed E-state index contributed by atoms with van der Waals surface area (Å²) in [5.41, 5.74) is 5.51. The monoisotopic (exact) mass is 355 g/mol. The average molecular weight is 355 g/mol. The molecule has 0 spiro atoms. The van der Waals surface area contributed by atoms with Crippen LogP contribution < -0.4 is 0 Å². The van der Waals surface area contributed by atoms with Crippen LogP contribution in [-0.2, 0) is 0 Å². The highest BCUT2D eigenvalue weighted by atomic mass is 16.1. The van der Waals surface area contributed by atoms with Crippen molar-refractivity contribution in [1.29, 1.82) is 5.26 Å². The van der Waals surface area contributed by atoms with Crippen molar-refractivity contribution in [2.45, 2.75) is 51.0 Å². The van der Waals surface area contributed by atoms with Gasteiger partial charge in [-0.15, -0.1) is 0 Å². The molecule has 5 rings (SSSR count). The maximum absolute atomic E-state index is 11.6. The Morgan fingerprint density at radius 2 is 2.00 bits per heavy atom. The molecule has 0 unspecified atom stereocenters. The van der Waals surface area contributed by atoms with E-state index in [1.165, 1.54) is 24.8 Å². The first-order valence-electron chi connectivity index (χ1n) is 9.72. The summed E-state index contributed by atoms with van der Waals surface area (Å²) in [6, 6.07) is 13.1. The third-order valence-electron chi connectivity index (χ3n) is 6.04. The number of nitriles is 1. The van der Waals surface area contributed by atoms with E-state index < -0.39 is 0 Å². The topological polar surface area (TPSA) is 58.7 Å². The van der Waals surface area contributed by atoms with Gasteiger partial charge >= 0.3 is 0 Å². The van der Waals surface area contributed by atoms with E-state index in [9.17, 15) is 10.1 Å². The normalized spacial score (nSPS) is 16.9. The number of hydrogen-bond acceptors (Lipinski definition) is 3. The van der Waals surface area contributed by atoms with Crippen LogP contribution in [0.2, 0.25) is 0 Å². The molecule has 3 aromatic rings. The highest BCUT2D eigenvalue weighted by Gasteiger charge is 2.30. The van der Waals surface area contributed by atoms with E-state index in [0.29, 0.717) is 23.1 Å². The molecule has 2 aliphatic rings. The number of aromatic nitrogens is 2. The highest BCUT2D eigenvalue weighted by Crippen LogP contribution is 2.45. The van der Waals surface area contributed by atoms with Crippen molar-refractivity contribution in [1.82, 2.24) is 9.55 Å². The fourth-order valence-corrected chi connectivity index (χ4v) is 4.13. The summed E-state index contributed by atoms with van der Waals surface area (Å²) in [5.74, 6) is 0.685. The molecule has 27 heavy (non-hydrogen) atoms. The molecule has 0 atom stereocenters. The van der Waals surface area contributed by atoms with Crippen LogP contribution in [-0.4, -0.2) is 15.3 Å². The van der Waals surface area contributed by atoms with Crippen LogP contribution in [0.25, 0.3) is 22.3 Å². The summed E-state index contributed by atoms with van der Waals surface area (Å²) in [5, 5.41) is 11.0. The molecule has 2 aliphatic carbocycles. The minimum absolute atomic E-state index is 0.00293. The molecule has 0 amide bonds. The molecule has 4 nitrogen and oxygen atoms in total. The Kier molecular flexibility index (Phi) is 3.65. The molecule has 2 fully saturated rings. The van der Waals surface area contributed by atoms with E-state index in [2.05, 4.69) is 33.8 Å². The second-order valence-corrected chi connectivity index (χ2v) is 7.83. The van der Waals surface area contributed by atoms with E-state index >= 15 is 0 Å². The zero-order valence-electron chi connectivity index (χ0n) is 15.4. The lowest BCUT2D eigenvalue weighted by Gasteiger charge is -2.30. The van der Waals surface area contributed by atoms with Crippen LogP contribution in [0.3, 0.4) is 0 Å². The number of carbonyl (C=O) groups excluding carboxylic acids is 1. The second kappa shape index (κ2) is 6.06. The van der Waals surface area contributed by atoms with E-state index in [1.807, 2.05) is 12.1 Å². The molecule has 0 radical (unpaired) electrons. The SMILES string of the molecule is CC(=O)c1ccc(-c2c(C#N)c3ccc(C4CC4)cc3n2C2CCC2)nc1. The van der Waals surface area contributed by atoms with Gasteiger partial charge in [0, 0.05) is 23.2 Å². The van der Waals surface area contributed by atoms with E-state index in [0.717, 1.165) is 35.1 Å². The van der Waals surface area contributed by atoms with Crippen molar-refractivity contribution in [2.24, 2.45) is 0 Å². The molecule has 0 N–H and O–H groups in total. The van der Waals surface area contributed by atoms with E-state index in [-0.39, 0.29) is 5.78 Å². The van der Waals surface area contributed by atoms with Gasteiger partial charge in [0.2, 0.25) is 0 Å². The average Bonchev–Trinajstić information content (AvgIpc) is 3.44. The maximum Gasteiger partial charge on any atom is 0.161 e. The third-order valence-corrected chi connectivity index (χ3v) is 6.04. The van der Waals surface area contributed by atoms with Crippen molar-refractivity contribution >= 4 is 16.7 Å². The molecule has 134 valence electrons. The van der Waals surface area contributed by atoms with Crippen LogP contribution in [0.4, 0.5) is 0 Å². The summed E-state index contributed by atoms with van der Waals surface area (Å²) in [6.45, 7) is 1.54. The van der Waals surface area contributed by atoms with Crippen LogP contribution in [0.5, 0.6) is 0 Å². The zero-order chi connectivity index (χ0) is 18.5. The Bertz CT molecular complexity index is 1090. The number of rotatable bonds is 4. The van der Waals surface area contributed by atoms with Crippen molar-refractivity contribution in [2.75, 3.05) is 0 Å². The van der Waals surface area contributed by atoms with Crippen molar-refractivity contribution in [3.8, 4) is 17.5 Å². The van der Waals surface area contributed by atoms with Gasteiger partial charge in [-0.1, -0.05) is 12.1 Å². The van der Waals surface area contributed by atoms with Crippen LogP contribution >= 0.6 is 0 Å². The maximum atomic E-state index is 11.6. The molecule has 2 saturated carbocycles. The third kappa shape index (κ3) is 2.57. The molecule has 2 aromatic heterocycles. The highest BCUT2D eigenvalue weighted by molar-refractivity contribution is 5.96. The van der Waals surface area contributed by atoms with Gasteiger partial charge in [-0.3, -0.25) is 9.78 Å². The molecular formula is C23H21N3O. The van der Waals surface area contributed by atoms with Gasteiger partial charge in [-0.05, 0) is 68.7 Å². The van der Waals surface area contributed by atoms with Gasteiger partial charge in [-0.2, -0.15) is 5.26 Å². The predicted molar refractivity (Wildman–Crippen MR) is 105 cm³/mol. The van der Waals surface area contributed by atoms with Gasteiger partial charge < -0.3 is 4.57 Å². The molecule has 4 heteroatoms. The zero-order valence-corrected chi connectivity index (χ0v) is 15.4. The van der Waals surface area contributed by atoms with Gasteiger partial charge in [0.25, 0.3) is 0 Å². The van der Waals surface area contributed by atoms with Crippen molar-refractivity contribution in [3.05, 3.63) is 53.2 Å². The summed E-state index contributed by atoms with van der Waals surface area (Å²) in [7, 11) is 0. The number of ketones is 1. The van der Waals surface area contributed by atoms with E-state index in [4.69, 9.17) is 0 Å². The molecule has 1 aromatic carbocycles. The molecule has 0 saturated heterocycles. The minimum Gasteiger partial charge on any atom is -0.335 e.